The molecule has 0 radical (unpaired) electrons. The van der Waals surface area contributed by atoms with Gasteiger partial charge in [0.05, 0.1) is 0 Å². The first-order valence-corrected chi connectivity index (χ1v) is 6.05. The molecule has 0 amide bonds. The summed E-state index contributed by atoms with van der Waals surface area (Å²) in [5, 5.41) is 9.24. The van der Waals surface area contributed by atoms with Crippen LogP contribution in [0, 0.1) is 11.3 Å². The van der Waals surface area contributed by atoms with Gasteiger partial charge in [-0.25, -0.2) is 0 Å². The maximum absolute atomic E-state index is 11.5. The molecular weight excluding hydrogens is 194 g/mol. The molecule has 3 heteroatoms. The number of nitrogens with zero attached hydrogens (tertiary/aromatic N) is 1. The van der Waals surface area contributed by atoms with E-state index in [1.165, 1.54) is 31.0 Å². The third kappa shape index (κ3) is 1.72. The van der Waals surface area contributed by atoms with Crippen molar-refractivity contribution in [3.05, 3.63) is 11.1 Å². The molecule has 1 saturated carbocycles. The molecule has 0 saturated heterocycles. The summed E-state index contributed by atoms with van der Waals surface area (Å²) in [5.74, 6) is 0. The van der Waals surface area contributed by atoms with Crippen LogP contribution in [0.5, 0.6) is 0 Å². The quantitative estimate of drug-likeness (QED) is 0.613. The van der Waals surface area contributed by atoms with Gasteiger partial charge in [-0.3, -0.25) is 4.79 Å². The minimum absolute atomic E-state index is 0.00870. The highest BCUT2D eigenvalue weighted by atomic mass is 32.2. The fourth-order valence-electron chi connectivity index (χ4n) is 2.19. The maximum Gasteiger partial charge on any atom is 0.230 e. The van der Waals surface area contributed by atoms with Crippen LogP contribution in [-0.2, 0) is 4.79 Å². The number of rotatable bonds is 0. The summed E-state index contributed by atoms with van der Waals surface area (Å²) in [4.78, 5) is 11.5. The molecule has 74 valence electrons. The van der Waals surface area contributed by atoms with Crippen LogP contribution in [-0.4, -0.2) is 10.4 Å². The molecular formula is C11H13NOS. The normalized spacial score (nSPS) is 27.9. The van der Waals surface area contributed by atoms with Crippen molar-refractivity contribution in [2.24, 2.45) is 0 Å². The molecule has 1 fully saturated rings. The fourth-order valence-corrected chi connectivity index (χ4v) is 3.40. The van der Waals surface area contributed by atoms with Crippen LogP contribution in [0.1, 0.15) is 38.5 Å². The van der Waals surface area contributed by atoms with Crippen molar-refractivity contribution in [1.29, 1.82) is 5.26 Å². The first kappa shape index (κ1) is 9.79. The lowest BCUT2D eigenvalue weighted by molar-refractivity contribution is -0.107. The van der Waals surface area contributed by atoms with Crippen molar-refractivity contribution in [3.63, 3.8) is 0 Å². The lowest BCUT2D eigenvalue weighted by atomic mass is 9.93. The monoisotopic (exact) mass is 207 g/mol. The Balaban J connectivity index is 2.25. The zero-order chi connectivity index (χ0) is 9.97. The Kier molecular flexibility index (Phi) is 2.93. The highest BCUT2D eigenvalue weighted by Crippen LogP contribution is 2.40. The van der Waals surface area contributed by atoms with Crippen LogP contribution in [0.3, 0.4) is 0 Å². The van der Waals surface area contributed by atoms with Crippen LogP contribution >= 0.6 is 11.8 Å². The first-order chi connectivity index (χ1) is 6.83. The van der Waals surface area contributed by atoms with Gasteiger partial charge in [0.2, 0.25) is 5.12 Å². The van der Waals surface area contributed by atoms with Gasteiger partial charge in [-0.2, -0.15) is 5.26 Å². The predicted octanol–water partition coefficient (Wildman–Crippen LogP) is 2.80. The average molecular weight is 207 g/mol. The van der Waals surface area contributed by atoms with Gasteiger partial charge in [0.15, 0.2) is 0 Å². The Morgan fingerprint density at radius 1 is 1.29 bits per heavy atom. The molecule has 0 aromatic heterocycles. The average Bonchev–Trinajstić information content (AvgIpc) is 2.42. The second-order valence-electron chi connectivity index (χ2n) is 3.86. The minimum atomic E-state index is 0.00870. The Morgan fingerprint density at radius 2 is 2.07 bits per heavy atom. The number of thioether (sulfide) groups is 1. The molecule has 0 unspecified atom stereocenters. The van der Waals surface area contributed by atoms with Gasteiger partial charge in [0.25, 0.3) is 0 Å². The predicted molar refractivity (Wildman–Crippen MR) is 56.7 cm³/mol. The van der Waals surface area contributed by atoms with Crippen molar-refractivity contribution in [3.8, 4) is 6.07 Å². The molecule has 1 heterocycles. The molecule has 1 atom stereocenters. The second-order valence-corrected chi connectivity index (χ2v) is 5.03. The molecule has 1 aliphatic heterocycles. The Labute approximate surface area is 88.4 Å². The number of hydrogen-bond acceptors (Lipinski definition) is 3. The largest absolute Gasteiger partial charge is 0.281 e. The summed E-state index contributed by atoms with van der Waals surface area (Å²) in [6.07, 6.45) is 6.91. The molecule has 2 nitrogen and oxygen atoms in total. The SMILES string of the molecule is N#CC1=C2CCCCCC[C@@H]2SC1=O. The number of carbonyl (C=O) groups excluding carboxylic acids is 1. The van der Waals surface area contributed by atoms with Crippen LogP contribution < -0.4 is 0 Å². The Bertz CT molecular complexity index is 327. The van der Waals surface area contributed by atoms with Gasteiger partial charge >= 0.3 is 0 Å². The van der Waals surface area contributed by atoms with E-state index in [1.807, 2.05) is 0 Å². The van der Waals surface area contributed by atoms with Crippen molar-refractivity contribution >= 4 is 16.9 Å². The number of carbonyl (C=O) groups is 1. The smallest absolute Gasteiger partial charge is 0.230 e. The number of hydrogen-bond donors (Lipinski definition) is 0. The van der Waals surface area contributed by atoms with Gasteiger partial charge in [0.1, 0.15) is 11.6 Å². The molecule has 0 spiro atoms. The van der Waals surface area contributed by atoms with Gasteiger partial charge in [-0.05, 0) is 24.8 Å². The van der Waals surface area contributed by atoms with E-state index in [4.69, 9.17) is 5.26 Å². The number of fused-ring (bicyclic) bond motifs is 1. The van der Waals surface area contributed by atoms with Gasteiger partial charge in [-0.1, -0.05) is 31.0 Å². The molecule has 2 aliphatic rings. The van der Waals surface area contributed by atoms with E-state index in [9.17, 15) is 4.79 Å². The summed E-state index contributed by atoms with van der Waals surface area (Å²) >= 11 is 1.37. The highest BCUT2D eigenvalue weighted by Gasteiger charge is 2.32. The van der Waals surface area contributed by atoms with E-state index < -0.39 is 0 Å². The zero-order valence-corrected chi connectivity index (χ0v) is 8.90. The standard InChI is InChI=1S/C11H13NOS/c12-7-9-8-5-3-1-2-4-6-10(8)14-11(9)13/h10H,1-6H2/t10-/m0/s1. The van der Waals surface area contributed by atoms with Crippen molar-refractivity contribution in [1.82, 2.24) is 0 Å². The summed E-state index contributed by atoms with van der Waals surface area (Å²) in [7, 11) is 0. The molecule has 2 rings (SSSR count). The zero-order valence-electron chi connectivity index (χ0n) is 8.08. The van der Waals surface area contributed by atoms with Gasteiger partial charge < -0.3 is 0 Å². The molecule has 1 aliphatic carbocycles. The first-order valence-electron chi connectivity index (χ1n) is 5.17. The summed E-state index contributed by atoms with van der Waals surface area (Å²) in [5.41, 5.74) is 1.60. The van der Waals surface area contributed by atoms with Crippen molar-refractivity contribution in [2.75, 3.05) is 0 Å². The van der Waals surface area contributed by atoms with Crippen molar-refractivity contribution < 1.29 is 4.79 Å². The highest BCUT2D eigenvalue weighted by molar-refractivity contribution is 8.15. The van der Waals surface area contributed by atoms with Crippen LogP contribution in [0.15, 0.2) is 11.1 Å². The molecule has 0 N–H and O–H groups in total. The van der Waals surface area contributed by atoms with E-state index in [-0.39, 0.29) is 5.12 Å². The third-order valence-electron chi connectivity index (χ3n) is 2.94. The van der Waals surface area contributed by atoms with E-state index in [0.29, 0.717) is 10.8 Å². The Morgan fingerprint density at radius 3 is 2.86 bits per heavy atom. The molecule has 0 aromatic carbocycles. The fraction of sp³-hybridized carbons (Fsp3) is 0.636. The van der Waals surface area contributed by atoms with Gasteiger partial charge in [-0.15, -0.1) is 0 Å². The lowest BCUT2D eigenvalue weighted by Crippen LogP contribution is -2.06. The molecule has 0 bridgehead atoms. The van der Waals surface area contributed by atoms with Gasteiger partial charge in [0, 0.05) is 5.25 Å². The van der Waals surface area contributed by atoms with Crippen molar-refractivity contribution in [2.45, 2.75) is 43.8 Å². The van der Waals surface area contributed by atoms with E-state index >= 15 is 0 Å². The minimum Gasteiger partial charge on any atom is -0.281 e. The summed E-state index contributed by atoms with van der Waals surface area (Å²) in [6.45, 7) is 0. The molecule has 14 heavy (non-hydrogen) atoms. The number of nitriles is 1. The summed E-state index contributed by atoms with van der Waals surface area (Å²) in [6, 6.07) is 2.07. The second kappa shape index (κ2) is 4.18. The van der Waals surface area contributed by atoms with Crippen LogP contribution in [0.2, 0.25) is 0 Å². The van der Waals surface area contributed by atoms with Crippen LogP contribution in [0.4, 0.5) is 0 Å². The summed E-state index contributed by atoms with van der Waals surface area (Å²) < 4.78 is 0. The third-order valence-corrected chi connectivity index (χ3v) is 4.16. The topological polar surface area (TPSA) is 40.9 Å². The lowest BCUT2D eigenvalue weighted by Gasteiger charge is -2.16. The Hall–Kier alpha value is -0.750. The maximum atomic E-state index is 11.5. The molecule has 0 aromatic rings. The van der Waals surface area contributed by atoms with E-state index in [1.54, 1.807) is 0 Å². The van der Waals surface area contributed by atoms with Crippen LogP contribution in [0.25, 0.3) is 0 Å². The van der Waals surface area contributed by atoms with E-state index in [2.05, 4.69) is 6.07 Å². The van der Waals surface area contributed by atoms with E-state index in [0.717, 1.165) is 24.8 Å².